The first-order valence-corrected chi connectivity index (χ1v) is 11.2. The van der Waals surface area contributed by atoms with Gasteiger partial charge in [-0.15, -0.1) is 0 Å². The quantitative estimate of drug-likeness (QED) is 0.698. The van der Waals surface area contributed by atoms with Crippen LogP contribution in [0.15, 0.2) is 47.1 Å². The van der Waals surface area contributed by atoms with Gasteiger partial charge in [0.2, 0.25) is 5.76 Å². The Morgan fingerprint density at radius 3 is 2.84 bits per heavy atom. The first-order valence-electron chi connectivity index (χ1n) is 11.2. The molecule has 2 aliphatic heterocycles. The number of aliphatic hydroxyl groups is 1. The maximum atomic E-state index is 12.7. The summed E-state index contributed by atoms with van der Waals surface area (Å²) in [5, 5.41) is 15.1. The standard InChI is InChI=1S/C24H28N4O3/c29-19-8-12-28(13-9-19)24(30)23-14-22(26-31-23)18-4-3-11-27(16-18)15-17-7-10-25-21-6-2-1-5-20(17)21/h1-2,5-7,10,14,18-19,29H,3-4,8-9,11-13,15-16H2/t18-/m1/s1. The highest BCUT2D eigenvalue weighted by atomic mass is 16.5. The second kappa shape index (κ2) is 8.77. The lowest BCUT2D eigenvalue weighted by atomic mass is 9.94. The van der Waals surface area contributed by atoms with Crippen molar-refractivity contribution in [2.75, 3.05) is 26.2 Å². The molecule has 0 radical (unpaired) electrons. The SMILES string of the molecule is O=C(c1cc([C@@H]2CCCN(Cc3ccnc4ccccc34)C2)no1)N1CCC(O)CC1. The fourth-order valence-electron chi connectivity index (χ4n) is 4.78. The van der Waals surface area contributed by atoms with Gasteiger partial charge in [0.1, 0.15) is 0 Å². The number of likely N-dealkylation sites (tertiary alicyclic amines) is 2. The largest absolute Gasteiger partial charge is 0.393 e. The van der Waals surface area contributed by atoms with Gasteiger partial charge >= 0.3 is 0 Å². The maximum absolute atomic E-state index is 12.7. The average Bonchev–Trinajstić information content (AvgIpc) is 3.30. The Morgan fingerprint density at radius 1 is 1.13 bits per heavy atom. The van der Waals surface area contributed by atoms with E-state index in [2.05, 4.69) is 39.3 Å². The molecule has 0 bridgehead atoms. The van der Waals surface area contributed by atoms with Gasteiger partial charge in [-0.25, -0.2) is 0 Å². The Labute approximate surface area is 181 Å². The van der Waals surface area contributed by atoms with Gasteiger partial charge in [0.25, 0.3) is 5.91 Å². The van der Waals surface area contributed by atoms with Crippen molar-refractivity contribution >= 4 is 16.8 Å². The summed E-state index contributed by atoms with van der Waals surface area (Å²) in [6.07, 6.45) is 4.95. The minimum atomic E-state index is -0.305. The molecule has 162 valence electrons. The molecule has 7 nitrogen and oxygen atoms in total. The minimum Gasteiger partial charge on any atom is -0.393 e. The predicted molar refractivity (Wildman–Crippen MR) is 117 cm³/mol. The summed E-state index contributed by atoms with van der Waals surface area (Å²) >= 11 is 0. The predicted octanol–water partition coefficient (Wildman–Crippen LogP) is 3.20. The monoisotopic (exact) mass is 420 g/mol. The molecule has 0 spiro atoms. The molecule has 31 heavy (non-hydrogen) atoms. The second-order valence-electron chi connectivity index (χ2n) is 8.70. The van der Waals surface area contributed by atoms with E-state index in [4.69, 9.17) is 4.52 Å². The van der Waals surface area contributed by atoms with Crippen molar-refractivity contribution in [2.24, 2.45) is 0 Å². The number of rotatable bonds is 4. The van der Waals surface area contributed by atoms with Gasteiger partial charge in [0.05, 0.1) is 17.3 Å². The number of hydrogen-bond donors (Lipinski definition) is 1. The molecule has 2 fully saturated rings. The molecule has 1 aromatic carbocycles. The summed E-state index contributed by atoms with van der Waals surface area (Å²) < 4.78 is 5.44. The molecule has 0 unspecified atom stereocenters. The molecule has 1 atom stereocenters. The molecule has 5 rings (SSSR count). The molecule has 0 saturated carbocycles. The molecule has 2 aliphatic rings. The van der Waals surface area contributed by atoms with Crippen molar-refractivity contribution < 1.29 is 14.4 Å². The number of piperidine rings is 2. The molecule has 2 aromatic heterocycles. The summed E-state index contributed by atoms with van der Waals surface area (Å²) in [5.41, 5.74) is 3.18. The van der Waals surface area contributed by atoms with E-state index in [0.29, 0.717) is 31.7 Å². The Balaban J connectivity index is 1.26. The molecule has 7 heteroatoms. The van der Waals surface area contributed by atoms with Crippen molar-refractivity contribution in [3.05, 3.63) is 59.6 Å². The molecular formula is C24H28N4O3. The highest BCUT2D eigenvalue weighted by Gasteiger charge is 2.28. The first-order chi connectivity index (χ1) is 15.2. The second-order valence-corrected chi connectivity index (χ2v) is 8.70. The Morgan fingerprint density at radius 2 is 1.97 bits per heavy atom. The zero-order valence-electron chi connectivity index (χ0n) is 17.6. The van der Waals surface area contributed by atoms with E-state index < -0.39 is 0 Å². The summed E-state index contributed by atoms with van der Waals surface area (Å²) in [5.74, 6) is 0.445. The van der Waals surface area contributed by atoms with Crippen LogP contribution in [-0.2, 0) is 6.54 Å². The third kappa shape index (κ3) is 4.34. The van der Waals surface area contributed by atoms with Gasteiger partial charge in [-0.2, -0.15) is 0 Å². The van der Waals surface area contributed by atoms with Crippen LogP contribution in [0.3, 0.4) is 0 Å². The Bertz CT molecular complexity index is 1050. The number of pyridine rings is 1. The number of amides is 1. The third-order valence-electron chi connectivity index (χ3n) is 6.55. The van der Waals surface area contributed by atoms with Crippen LogP contribution in [0.25, 0.3) is 10.9 Å². The van der Waals surface area contributed by atoms with Crippen molar-refractivity contribution in [3.8, 4) is 0 Å². The van der Waals surface area contributed by atoms with Crippen molar-refractivity contribution in [2.45, 2.75) is 44.2 Å². The number of benzene rings is 1. The van der Waals surface area contributed by atoms with Crippen molar-refractivity contribution in [3.63, 3.8) is 0 Å². The van der Waals surface area contributed by atoms with Crippen LogP contribution in [0.2, 0.25) is 0 Å². The van der Waals surface area contributed by atoms with Crippen LogP contribution in [-0.4, -0.2) is 63.2 Å². The van der Waals surface area contributed by atoms with E-state index in [1.54, 1.807) is 4.90 Å². The van der Waals surface area contributed by atoms with E-state index in [9.17, 15) is 9.90 Å². The molecular weight excluding hydrogens is 392 g/mol. The molecule has 2 saturated heterocycles. The van der Waals surface area contributed by atoms with Gasteiger partial charge in [0.15, 0.2) is 0 Å². The number of hydrogen-bond acceptors (Lipinski definition) is 6. The minimum absolute atomic E-state index is 0.124. The lowest BCUT2D eigenvalue weighted by Crippen LogP contribution is -2.39. The normalized spacial score (nSPS) is 20.9. The van der Waals surface area contributed by atoms with Crippen LogP contribution >= 0.6 is 0 Å². The molecule has 4 heterocycles. The van der Waals surface area contributed by atoms with E-state index in [0.717, 1.165) is 43.7 Å². The molecule has 1 N–H and O–H groups in total. The van der Waals surface area contributed by atoms with Crippen LogP contribution in [0.4, 0.5) is 0 Å². The highest BCUT2D eigenvalue weighted by Crippen LogP contribution is 2.29. The number of carbonyl (C=O) groups excluding carboxylic acids is 1. The molecule has 3 aromatic rings. The van der Waals surface area contributed by atoms with Crippen LogP contribution in [0.5, 0.6) is 0 Å². The van der Waals surface area contributed by atoms with Gasteiger partial charge in [-0.3, -0.25) is 14.7 Å². The lowest BCUT2D eigenvalue weighted by Gasteiger charge is -2.32. The van der Waals surface area contributed by atoms with Crippen LogP contribution in [0.1, 0.15) is 53.4 Å². The summed E-state index contributed by atoms with van der Waals surface area (Å²) in [7, 11) is 0. The lowest BCUT2D eigenvalue weighted by molar-refractivity contribution is 0.0512. The Hall–Kier alpha value is -2.77. The average molecular weight is 421 g/mol. The van der Waals surface area contributed by atoms with Crippen molar-refractivity contribution in [1.82, 2.24) is 19.9 Å². The van der Waals surface area contributed by atoms with Gasteiger partial charge in [-0.1, -0.05) is 23.4 Å². The Kier molecular flexibility index (Phi) is 5.70. The zero-order valence-corrected chi connectivity index (χ0v) is 17.6. The van der Waals surface area contributed by atoms with E-state index in [1.807, 2.05) is 18.3 Å². The topological polar surface area (TPSA) is 82.7 Å². The number of aromatic nitrogens is 2. The summed E-state index contributed by atoms with van der Waals surface area (Å²) in [6.45, 7) is 3.94. The van der Waals surface area contributed by atoms with Crippen LogP contribution in [0, 0.1) is 0 Å². The van der Waals surface area contributed by atoms with Crippen molar-refractivity contribution in [1.29, 1.82) is 0 Å². The first kappa shape index (κ1) is 20.2. The van der Waals surface area contributed by atoms with E-state index in [1.165, 1.54) is 10.9 Å². The molecule has 1 amide bonds. The number of para-hydroxylation sites is 1. The summed E-state index contributed by atoms with van der Waals surface area (Å²) in [6, 6.07) is 12.2. The fraction of sp³-hybridized carbons (Fsp3) is 0.458. The third-order valence-corrected chi connectivity index (χ3v) is 6.55. The number of aliphatic hydroxyl groups excluding tert-OH is 1. The molecule has 0 aliphatic carbocycles. The van der Waals surface area contributed by atoms with E-state index >= 15 is 0 Å². The van der Waals surface area contributed by atoms with Gasteiger partial charge < -0.3 is 14.5 Å². The van der Waals surface area contributed by atoms with E-state index in [-0.39, 0.29) is 17.9 Å². The van der Waals surface area contributed by atoms with Crippen LogP contribution < -0.4 is 0 Å². The van der Waals surface area contributed by atoms with Gasteiger partial charge in [0, 0.05) is 49.7 Å². The van der Waals surface area contributed by atoms with Gasteiger partial charge in [-0.05, 0) is 49.9 Å². The summed E-state index contributed by atoms with van der Waals surface area (Å²) in [4.78, 5) is 21.4. The maximum Gasteiger partial charge on any atom is 0.292 e. The highest BCUT2D eigenvalue weighted by molar-refractivity contribution is 5.91. The number of fused-ring (bicyclic) bond motifs is 1. The fourth-order valence-corrected chi connectivity index (χ4v) is 4.78. The number of nitrogens with zero attached hydrogens (tertiary/aromatic N) is 4. The number of carbonyl (C=O) groups is 1. The smallest absolute Gasteiger partial charge is 0.292 e. The zero-order chi connectivity index (χ0) is 21.2.